The number of sulfonamides is 1. The van der Waals surface area contributed by atoms with Crippen LogP contribution in [0.25, 0.3) is 0 Å². The van der Waals surface area contributed by atoms with Gasteiger partial charge in [-0.3, -0.25) is 14.4 Å². The minimum absolute atomic E-state index is 0.0126. The number of hydrogen-bond acceptors (Lipinski definition) is 9. The SMILES string of the molecule is Cc1ccc(Nc2ncc3c(n2)CN([C@@H]2CCN(C(=O)c4ccnc(NS(C)(=O)=O)c4)[C@H](C)C2)C3)cc1C#N. The number of nitrogens with one attached hydrogen (secondary N) is 2. The van der Waals surface area contributed by atoms with Crippen LogP contribution >= 0.6 is 0 Å². The number of benzene rings is 1. The lowest BCUT2D eigenvalue weighted by molar-refractivity contribution is 0.0460. The van der Waals surface area contributed by atoms with E-state index in [0.29, 0.717) is 36.2 Å². The zero-order valence-corrected chi connectivity index (χ0v) is 22.9. The molecular formula is C27H30N8O3S. The molecular weight excluding hydrogens is 516 g/mol. The molecule has 39 heavy (non-hydrogen) atoms. The number of likely N-dealkylation sites (tertiary alicyclic amines) is 1. The first-order valence-corrected chi connectivity index (χ1v) is 14.6. The number of fused-ring (bicyclic) bond motifs is 1. The molecule has 202 valence electrons. The fourth-order valence-electron chi connectivity index (χ4n) is 5.20. The van der Waals surface area contributed by atoms with Crippen LogP contribution in [0.3, 0.4) is 0 Å². The lowest BCUT2D eigenvalue weighted by Gasteiger charge is -2.41. The van der Waals surface area contributed by atoms with Crippen molar-refractivity contribution in [3.8, 4) is 6.07 Å². The van der Waals surface area contributed by atoms with Crippen LogP contribution in [0.1, 0.15) is 52.5 Å². The second-order valence-electron chi connectivity index (χ2n) is 10.2. The largest absolute Gasteiger partial charge is 0.336 e. The molecule has 2 aromatic heterocycles. The maximum Gasteiger partial charge on any atom is 0.254 e. The van der Waals surface area contributed by atoms with Crippen molar-refractivity contribution in [2.45, 2.75) is 51.9 Å². The number of pyridine rings is 1. The van der Waals surface area contributed by atoms with Gasteiger partial charge >= 0.3 is 0 Å². The first kappa shape index (κ1) is 26.5. The van der Waals surface area contributed by atoms with Crippen molar-refractivity contribution in [3.05, 3.63) is 70.7 Å². The molecule has 11 nitrogen and oxygen atoms in total. The number of nitriles is 1. The minimum atomic E-state index is -3.49. The zero-order chi connectivity index (χ0) is 27.7. The van der Waals surface area contributed by atoms with E-state index in [9.17, 15) is 18.5 Å². The van der Waals surface area contributed by atoms with Crippen LogP contribution in [0.4, 0.5) is 17.5 Å². The Kier molecular flexibility index (Phi) is 7.20. The summed E-state index contributed by atoms with van der Waals surface area (Å²) in [6, 6.07) is 11.2. The predicted octanol–water partition coefficient (Wildman–Crippen LogP) is 3.18. The van der Waals surface area contributed by atoms with Crippen LogP contribution in [0.15, 0.2) is 42.7 Å². The van der Waals surface area contributed by atoms with E-state index >= 15 is 0 Å². The summed E-state index contributed by atoms with van der Waals surface area (Å²) in [5, 5.41) is 12.5. The minimum Gasteiger partial charge on any atom is -0.336 e. The van der Waals surface area contributed by atoms with Gasteiger partial charge in [-0.2, -0.15) is 5.26 Å². The maximum atomic E-state index is 13.2. The van der Waals surface area contributed by atoms with Crippen LogP contribution < -0.4 is 10.0 Å². The number of hydrogen-bond donors (Lipinski definition) is 2. The number of carbonyl (C=O) groups is 1. The lowest BCUT2D eigenvalue weighted by Crippen LogP contribution is -2.50. The lowest BCUT2D eigenvalue weighted by atomic mass is 9.96. The molecule has 1 fully saturated rings. The summed E-state index contributed by atoms with van der Waals surface area (Å²) in [4.78, 5) is 30.7. The third-order valence-corrected chi connectivity index (χ3v) is 7.80. The number of piperidine rings is 1. The molecule has 4 heterocycles. The predicted molar refractivity (Wildman–Crippen MR) is 147 cm³/mol. The van der Waals surface area contributed by atoms with Crippen molar-refractivity contribution in [2.24, 2.45) is 0 Å². The standard InChI is InChI=1S/C27H30N8O3S/c1-17-4-5-22(11-20(17)13-28)31-27-30-14-21-15-34(16-24(21)32-27)23-7-9-35(18(2)10-23)26(36)19-6-8-29-25(12-19)33-39(3,37)38/h4-6,8,11-12,14,18,23H,7,9-10,15-16H2,1-3H3,(H,29,33)(H,30,31,32)/t18-,23-/m1/s1. The first-order chi connectivity index (χ1) is 18.6. The van der Waals surface area contributed by atoms with Crippen molar-refractivity contribution in [2.75, 3.05) is 22.8 Å². The fourth-order valence-corrected chi connectivity index (χ4v) is 5.69. The Morgan fingerprint density at radius 2 is 2.00 bits per heavy atom. The molecule has 2 aliphatic rings. The van der Waals surface area contributed by atoms with E-state index in [2.05, 4.69) is 31.0 Å². The Hall–Kier alpha value is -4.08. The highest BCUT2D eigenvalue weighted by Gasteiger charge is 2.35. The normalized spacial score (nSPS) is 19.3. The smallest absolute Gasteiger partial charge is 0.254 e. The monoisotopic (exact) mass is 546 g/mol. The first-order valence-electron chi connectivity index (χ1n) is 12.7. The summed E-state index contributed by atoms with van der Waals surface area (Å²) >= 11 is 0. The molecule has 0 saturated carbocycles. The molecule has 0 bridgehead atoms. The van der Waals surface area contributed by atoms with Crippen molar-refractivity contribution in [3.63, 3.8) is 0 Å². The third-order valence-electron chi connectivity index (χ3n) is 7.22. The Labute approximate surface area is 228 Å². The molecule has 1 aromatic carbocycles. The van der Waals surface area contributed by atoms with Crippen molar-refractivity contribution < 1.29 is 13.2 Å². The van der Waals surface area contributed by atoms with Crippen molar-refractivity contribution >= 4 is 33.4 Å². The Bertz CT molecular complexity index is 1570. The number of rotatable bonds is 6. The summed E-state index contributed by atoms with van der Waals surface area (Å²) in [5.74, 6) is 0.490. The molecule has 0 radical (unpaired) electrons. The molecule has 2 atom stereocenters. The highest BCUT2D eigenvalue weighted by atomic mass is 32.2. The third kappa shape index (κ3) is 6.00. The number of amides is 1. The second kappa shape index (κ2) is 10.6. The van der Waals surface area contributed by atoms with Crippen LogP contribution in [-0.4, -0.2) is 64.0 Å². The molecule has 1 amide bonds. The van der Waals surface area contributed by atoms with Gasteiger partial charge in [-0.05, 0) is 56.5 Å². The van der Waals surface area contributed by atoms with Crippen LogP contribution in [0.5, 0.6) is 0 Å². The van der Waals surface area contributed by atoms with E-state index in [0.717, 1.165) is 48.2 Å². The van der Waals surface area contributed by atoms with Gasteiger partial charge in [0.2, 0.25) is 16.0 Å². The highest BCUT2D eigenvalue weighted by molar-refractivity contribution is 7.92. The number of nitrogens with zero attached hydrogens (tertiary/aromatic N) is 6. The van der Waals surface area contributed by atoms with Crippen molar-refractivity contribution in [1.82, 2.24) is 24.8 Å². The molecule has 0 unspecified atom stereocenters. The van der Waals surface area contributed by atoms with Crippen LogP contribution in [0.2, 0.25) is 0 Å². The highest BCUT2D eigenvalue weighted by Crippen LogP contribution is 2.31. The van der Waals surface area contributed by atoms with E-state index in [1.165, 1.54) is 12.3 Å². The molecule has 2 N–H and O–H groups in total. The molecule has 0 spiro atoms. The van der Waals surface area contributed by atoms with Gasteiger partial charge in [-0.25, -0.2) is 23.4 Å². The van der Waals surface area contributed by atoms with Crippen LogP contribution in [-0.2, 0) is 23.1 Å². The Morgan fingerprint density at radius 3 is 2.74 bits per heavy atom. The van der Waals surface area contributed by atoms with Gasteiger partial charge in [-0.1, -0.05) is 6.07 Å². The number of aromatic nitrogens is 3. The molecule has 3 aromatic rings. The van der Waals surface area contributed by atoms with E-state index in [4.69, 9.17) is 4.98 Å². The molecule has 5 rings (SSSR count). The maximum absolute atomic E-state index is 13.2. The number of anilines is 3. The number of aryl methyl sites for hydroxylation is 1. The molecule has 1 saturated heterocycles. The molecule has 2 aliphatic heterocycles. The van der Waals surface area contributed by atoms with E-state index in [1.54, 1.807) is 12.1 Å². The molecule has 0 aliphatic carbocycles. The van der Waals surface area contributed by atoms with E-state index in [-0.39, 0.29) is 17.8 Å². The van der Waals surface area contributed by atoms with Crippen molar-refractivity contribution in [1.29, 1.82) is 5.26 Å². The molecule has 12 heteroatoms. The fraction of sp³-hybridized carbons (Fsp3) is 0.370. The second-order valence-corrected chi connectivity index (χ2v) is 11.9. The van der Waals surface area contributed by atoms with E-state index < -0.39 is 10.0 Å². The van der Waals surface area contributed by atoms with Gasteiger partial charge < -0.3 is 10.2 Å². The summed E-state index contributed by atoms with van der Waals surface area (Å²) in [6.45, 7) is 6.01. The summed E-state index contributed by atoms with van der Waals surface area (Å²) in [5.41, 5.74) is 4.78. The Balaban J connectivity index is 1.21. The quantitative estimate of drug-likeness (QED) is 0.476. The van der Waals surface area contributed by atoms with Gasteiger partial charge in [0.25, 0.3) is 5.91 Å². The topological polar surface area (TPSA) is 144 Å². The summed E-state index contributed by atoms with van der Waals surface area (Å²) in [7, 11) is -3.49. The zero-order valence-electron chi connectivity index (χ0n) is 22.0. The Morgan fingerprint density at radius 1 is 1.18 bits per heavy atom. The van der Waals surface area contributed by atoms with Gasteiger partial charge in [0.05, 0.1) is 23.6 Å². The van der Waals surface area contributed by atoms with Gasteiger partial charge in [0, 0.05) is 60.9 Å². The summed E-state index contributed by atoms with van der Waals surface area (Å²) in [6.07, 6.45) is 5.98. The van der Waals surface area contributed by atoms with Crippen LogP contribution in [0, 0.1) is 18.3 Å². The van der Waals surface area contributed by atoms with Gasteiger partial charge in [0.1, 0.15) is 5.82 Å². The summed E-state index contributed by atoms with van der Waals surface area (Å²) < 4.78 is 25.4. The average Bonchev–Trinajstić information content (AvgIpc) is 3.32. The average molecular weight is 547 g/mol. The van der Waals surface area contributed by atoms with E-state index in [1.807, 2.05) is 37.1 Å². The van der Waals surface area contributed by atoms with Gasteiger partial charge in [0.15, 0.2) is 0 Å². The number of carbonyl (C=O) groups excluding carboxylic acids is 1. The van der Waals surface area contributed by atoms with Gasteiger partial charge in [-0.15, -0.1) is 0 Å².